The molecule has 0 heterocycles. The number of hydrogen-bond acceptors (Lipinski definition) is 5. The molecule has 0 aliphatic rings. The Bertz CT molecular complexity index is 206. The van der Waals surface area contributed by atoms with Crippen molar-refractivity contribution in [2.45, 2.75) is 38.4 Å². The fourth-order valence-corrected chi connectivity index (χ4v) is 1.35. The monoisotopic (exact) mass is 234 g/mol. The lowest BCUT2D eigenvalue weighted by atomic mass is 10.2. The summed E-state index contributed by atoms with van der Waals surface area (Å²) in [5.74, 6) is -0.993. The summed E-state index contributed by atoms with van der Waals surface area (Å²) in [5.41, 5.74) is 0. The Kier molecular flexibility index (Phi) is 8.18. The van der Waals surface area contributed by atoms with Gasteiger partial charge in [0.15, 0.2) is 6.61 Å². The lowest BCUT2D eigenvalue weighted by Crippen LogP contribution is -2.16. The minimum absolute atomic E-state index is 0.261. The highest BCUT2D eigenvalue weighted by molar-refractivity contribution is 7.80. The zero-order chi connectivity index (χ0) is 11.7. The minimum atomic E-state index is -0.512. The Labute approximate surface area is 95.7 Å². The molecule has 0 aliphatic carbocycles. The van der Waals surface area contributed by atoms with E-state index in [0.29, 0.717) is 6.61 Å². The molecule has 0 rings (SSSR count). The predicted octanol–water partition coefficient (Wildman–Crippen LogP) is 1.58. The lowest BCUT2D eigenvalue weighted by molar-refractivity contribution is -0.157. The SMILES string of the molecule is CCCC(S)CCOC(=O)COC(C)=O. The van der Waals surface area contributed by atoms with Crippen molar-refractivity contribution in [2.24, 2.45) is 0 Å². The molecule has 0 N–H and O–H groups in total. The van der Waals surface area contributed by atoms with Crippen LogP contribution in [0.3, 0.4) is 0 Å². The van der Waals surface area contributed by atoms with Gasteiger partial charge in [-0.2, -0.15) is 12.6 Å². The second kappa shape index (κ2) is 8.59. The first kappa shape index (κ1) is 14.3. The Morgan fingerprint density at radius 2 is 1.93 bits per heavy atom. The van der Waals surface area contributed by atoms with Gasteiger partial charge >= 0.3 is 11.9 Å². The van der Waals surface area contributed by atoms with Gasteiger partial charge in [0.1, 0.15) is 0 Å². The molecule has 0 spiro atoms. The molecular formula is C10H18O4S. The zero-order valence-electron chi connectivity index (χ0n) is 9.19. The summed E-state index contributed by atoms with van der Waals surface area (Å²) in [6.07, 6.45) is 2.79. The van der Waals surface area contributed by atoms with E-state index in [-0.39, 0.29) is 11.9 Å². The van der Waals surface area contributed by atoms with Gasteiger partial charge < -0.3 is 9.47 Å². The number of esters is 2. The summed E-state index contributed by atoms with van der Waals surface area (Å²) in [5, 5.41) is 0.261. The predicted molar refractivity (Wildman–Crippen MR) is 59.9 cm³/mol. The maximum Gasteiger partial charge on any atom is 0.344 e. The number of carbonyl (C=O) groups is 2. The second-order valence-corrected chi connectivity index (χ2v) is 3.96. The van der Waals surface area contributed by atoms with Crippen LogP contribution in [0.2, 0.25) is 0 Å². The van der Waals surface area contributed by atoms with Crippen LogP contribution in [0.4, 0.5) is 0 Å². The van der Waals surface area contributed by atoms with E-state index in [1.807, 2.05) is 0 Å². The van der Waals surface area contributed by atoms with Crippen LogP contribution < -0.4 is 0 Å². The first-order valence-corrected chi connectivity index (χ1v) is 5.55. The number of hydrogen-bond donors (Lipinski definition) is 1. The molecule has 0 saturated carbocycles. The highest BCUT2D eigenvalue weighted by Gasteiger charge is 2.07. The van der Waals surface area contributed by atoms with E-state index in [1.54, 1.807) is 0 Å². The molecule has 0 aromatic heterocycles. The van der Waals surface area contributed by atoms with Crippen LogP contribution in [0.15, 0.2) is 0 Å². The molecule has 1 unspecified atom stereocenters. The lowest BCUT2D eigenvalue weighted by Gasteiger charge is -2.09. The zero-order valence-corrected chi connectivity index (χ0v) is 10.1. The molecule has 0 amide bonds. The van der Waals surface area contributed by atoms with Gasteiger partial charge in [-0.25, -0.2) is 4.79 Å². The molecule has 0 aromatic rings. The van der Waals surface area contributed by atoms with E-state index >= 15 is 0 Å². The third kappa shape index (κ3) is 9.59. The molecule has 1 atom stereocenters. The maximum atomic E-state index is 11.0. The maximum absolute atomic E-state index is 11.0. The van der Waals surface area contributed by atoms with Crippen LogP contribution in [0.25, 0.3) is 0 Å². The summed E-state index contributed by atoms with van der Waals surface area (Å²) in [7, 11) is 0. The molecule has 5 heteroatoms. The van der Waals surface area contributed by atoms with E-state index in [4.69, 9.17) is 4.74 Å². The van der Waals surface area contributed by atoms with Gasteiger partial charge in [0.2, 0.25) is 0 Å². The Hall–Kier alpha value is -0.710. The van der Waals surface area contributed by atoms with Crippen LogP contribution in [0.1, 0.15) is 33.1 Å². The number of thiol groups is 1. The Morgan fingerprint density at radius 3 is 2.47 bits per heavy atom. The van der Waals surface area contributed by atoms with Crippen LogP contribution in [-0.4, -0.2) is 30.4 Å². The molecule has 0 bridgehead atoms. The van der Waals surface area contributed by atoms with Crippen LogP contribution in [0, 0.1) is 0 Å². The summed E-state index contributed by atoms with van der Waals surface area (Å²) in [6, 6.07) is 0. The molecular weight excluding hydrogens is 216 g/mol. The smallest absolute Gasteiger partial charge is 0.344 e. The van der Waals surface area contributed by atoms with E-state index in [9.17, 15) is 9.59 Å². The molecule has 4 nitrogen and oxygen atoms in total. The Morgan fingerprint density at radius 1 is 1.27 bits per heavy atom. The van der Waals surface area contributed by atoms with Crippen molar-refractivity contribution < 1.29 is 19.1 Å². The number of carbonyl (C=O) groups excluding carboxylic acids is 2. The fourth-order valence-electron chi connectivity index (χ4n) is 0.989. The highest BCUT2D eigenvalue weighted by atomic mass is 32.1. The van der Waals surface area contributed by atoms with Gasteiger partial charge in [-0.3, -0.25) is 4.79 Å². The standard InChI is InChI=1S/C10H18O4S/c1-3-4-9(15)5-6-13-10(12)7-14-8(2)11/h9,15H,3-7H2,1-2H3. The van der Waals surface area contributed by atoms with Gasteiger partial charge in [-0.05, 0) is 12.8 Å². The first-order valence-electron chi connectivity index (χ1n) is 5.03. The van der Waals surface area contributed by atoms with E-state index in [2.05, 4.69) is 24.3 Å². The van der Waals surface area contributed by atoms with Gasteiger partial charge in [-0.1, -0.05) is 13.3 Å². The second-order valence-electron chi connectivity index (χ2n) is 3.23. The minimum Gasteiger partial charge on any atom is -0.463 e. The van der Waals surface area contributed by atoms with Gasteiger partial charge in [0.25, 0.3) is 0 Å². The number of rotatable bonds is 7. The summed E-state index contributed by atoms with van der Waals surface area (Å²) >= 11 is 4.32. The van der Waals surface area contributed by atoms with Crippen molar-refractivity contribution in [3.05, 3.63) is 0 Å². The average Bonchev–Trinajstić information content (AvgIpc) is 2.15. The van der Waals surface area contributed by atoms with E-state index in [0.717, 1.165) is 19.3 Å². The summed E-state index contributed by atoms with van der Waals surface area (Å²) in [4.78, 5) is 21.3. The van der Waals surface area contributed by atoms with Gasteiger partial charge in [-0.15, -0.1) is 0 Å². The normalized spacial score (nSPS) is 11.9. The van der Waals surface area contributed by atoms with Crippen molar-refractivity contribution in [3.63, 3.8) is 0 Å². The van der Waals surface area contributed by atoms with E-state index in [1.165, 1.54) is 6.92 Å². The van der Waals surface area contributed by atoms with Crippen molar-refractivity contribution in [1.29, 1.82) is 0 Å². The molecule has 0 aliphatic heterocycles. The van der Waals surface area contributed by atoms with Crippen LogP contribution >= 0.6 is 12.6 Å². The third-order valence-electron chi connectivity index (χ3n) is 1.73. The van der Waals surface area contributed by atoms with E-state index < -0.39 is 11.9 Å². The van der Waals surface area contributed by atoms with Crippen molar-refractivity contribution in [3.8, 4) is 0 Å². The third-order valence-corrected chi connectivity index (χ3v) is 2.25. The van der Waals surface area contributed by atoms with Crippen molar-refractivity contribution in [2.75, 3.05) is 13.2 Å². The highest BCUT2D eigenvalue weighted by Crippen LogP contribution is 2.08. The van der Waals surface area contributed by atoms with Gasteiger partial charge in [0, 0.05) is 12.2 Å². The average molecular weight is 234 g/mol. The topological polar surface area (TPSA) is 52.6 Å². The largest absolute Gasteiger partial charge is 0.463 e. The molecule has 0 radical (unpaired) electrons. The fraction of sp³-hybridized carbons (Fsp3) is 0.800. The molecule has 15 heavy (non-hydrogen) atoms. The quantitative estimate of drug-likeness (QED) is 0.537. The van der Waals surface area contributed by atoms with Crippen LogP contribution in [-0.2, 0) is 19.1 Å². The molecule has 0 aromatic carbocycles. The number of ether oxygens (including phenoxy) is 2. The van der Waals surface area contributed by atoms with Crippen molar-refractivity contribution >= 4 is 24.6 Å². The van der Waals surface area contributed by atoms with Gasteiger partial charge in [0.05, 0.1) is 6.61 Å². The van der Waals surface area contributed by atoms with Crippen molar-refractivity contribution in [1.82, 2.24) is 0 Å². The first-order chi connectivity index (χ1) is 7.06. The summed E-state index contributed by atoms with van der Waals surface area (Å²) in [6.45, 7) is 3.35. The molecule has 0 fully saturated rings. The molecule has 88 valence electrons. The summed E-state index contributed by atoms with van der Waals surface area (Å²) < 4.78 is 9.32. The molecule has 0 saturated heterocycles. The Balaban J connectivity index is 3.42. The van der Waals surface area contributed by atoms with Crippen LogP contribution in [0.5, 0.6) is 0 Å².